The molecule has 2 bridgehead atoms. The molecule has 3 aliphatic heterocycles. The fourth-order valence-corrected chi connectivity index (χ4v) is 7.79. The van der Waals surface area contributed by atoms with Gasteiger partial charge in [0.2, 0.25) is 11.9 Å². The molecule has 1 aliphatic carbocycles. The number of fused-ring (bicyclic) bond motifs is 5. The van der Waals surface area contributed by atoms with E-state index in [1.165, 1.54) is 42.2 Å². The van der Waals surface area contributed by atoms with Gasteiger partial charge in [0.25, 0.3) is 0 Å². The van der Waals surface area contributed by atoms with Crippen LogP contribution in [0.25, 0.3) is 17.1 Å². The second-order valence-electron chi connectivity index (χ2n) is 12.2. The van der Waals surface area contributed by atoms with Crippen molar-refractivity contribution in [2.45, 2.75) is 75.9 Å². The van der Waals surface area contributed by atoms with Crippen molar-refractivity contribution < 1.29 is 4.39 Å². The molecule has 8 rings (SSSR count). The molecule has 0 radical (unpaired) electrons. The molecule has 3 fully saturated rings. The zero-order chi connectivity index (χ0) is 28.2. The molecular weight excluding hydrogens is 529 g/mol. The average molecular weight is 566 g/mol. The molecule has 3 saturated heterocycles. The summed E-state index contributed by atoms with van der Waals surface area (Å²) >= 11 is 0. The summed E-state index contributed by atoms with van der Waals surface area (Å²) < 4.78 is 17.1. The third kappa shape index (κ3) is 4.48. The van der Waals surface area contributed by atoms with Crippen molar-refractivity contribution in [2.75, 3.05) is 29.0 Å². The van der Waals surface area contributed by atoms with Gasteiger partial charge in [0.1, 0.15) is 5.82 Å². The van der Waals surface area contributed by atoms with Crippen molar-refractivity contribution in [1.82, 2.24) is 29.9 Å². The van der Waals surface area contributed by atoms with Crippen LogP contribution in [0.3, 0.4) is 0 Å². The number of nitrogen functional groups attached to an aromatic ring is 1. The number of rotatable bonds is 5. The van der Waals surface area contributed by atoms with Crippen LogP contribution >= 0.6 is 0 Å². The Hall–Kier alpha value is -4.05. The molecule has 10 heteroatoms. The summed E-state index contributed by atoms with van der Waals surface area (Å²) in [6.07, 6.45) is 10.1. The number of benzene rings is 2. The van der Waals surface area contributed by atoms with Crippen LogP contribution in [-0.2, 0) is 12.8 Å². The molecule has 9 nitrogen and oxygen atoms in total. The maximum absolute atomic E-state index is 15.6. The molecule has 5 heterocycles. The second-order valence-corrected chi connectivity index (χ2v) is 12.2. The lowest BCUT2D eigenvalue weighted by Gasteiger charge is -2.43. The minimum atomic E-state index is -0.221. The predicted molar refractivity (Wildman–Crippen MR) is 162 cm³/mol. The zero-order valence-corrected chi connectivity index (χ0v) is 23.7. The summed E-state index contributed by atoms with van der Waals surface area (Å²) in [5.41, 5.74) is 12.0. The monoisotopic (exact) mass is 565 g/mol. The van der Waals surface area contributed by atoms with Crippen molar-refractivity contribution >= 4 is 23.3 Å². The molecule has 4 aromatic rings. The van der Waals surface area contributed by atoms with Crippen LogP contribution in [0.2, 0.25) is 0 Å². The van der Waals surface area contributed by atoms with E-state index in [0.29, 0.717) is 35.3 Å². The minimum absolute atomic E-state index is 0.190. The Bertz CT molecular complexity index is 1610. The number of aryl methyl sites for hydroxylation is 2. The normalized spacial score (nSPS) is 23.5. The van der Waals surface area contributed by atoms with Gasteiger partial charge in [0.05, 0.1) is 11.4 Å². The van der Waals surface area contributed by atoms with E-state index in [1.807, 2.05) is 24.3 Å². The first-order chi connectivity index (χ1) is 20.6. The smallest absolute Gasteiger partial charge is 0.248 e. The molecule has 2 atom stereocenters. The first kappa shape index (κ1) is 25.6. The van der Waals surface area contributed by atoms with Gasteiger partial charge in [0.15, 0.2) is 5.82 Å². The minimum Gasteiger partial charge on any atom is -0.368 e. The number of piperidine rings is 1. The van der Waals surface area contributed by atoms with E-state index >= 15 is 4.39 Å². The van der Waals surface area contributed by atoms with Crippen LogP contribution in [0.1, 0.15) is 56.1 Å². The molecule has 216 valence electrons. The van der Waals surface area contributed by atoms with Crippen LogP contribution in [0, 0.1) is 5.82 Å². The van der Waals surface area contributed by atoms with Crippen LogP contribution in [0.4, 0.5) is 27.7 Å². The Morgan fingerprint density at radius 1 is 0.857 bits per heavy atom. The lowest BCUT2D eigenvalue weighted by molar-refractivity contribution is 0.186. The van der Waals surface area contributed by atoms with Gasteiger partial charge in [-0.25, -0.2) is 4.39 Å². The van der Waals surface area contributed by atoms with Crippen molar-refractivity contribution in [3.05, 3.63) is 65.5 Å². The second kappa shape index (κ2) is 10.3. The SMILES string of the molecule is Nc1nc(Nc2ccc(N3C4CCC3CC(N3CCCC3)C4)c(F)c2)nn1-c1cc2c(nn1)-c1ccccc1CCC2. The Morgan fingerprint density at radius 2 is 1.64 bits per heavy atom. The average Bonchev–Trinajstić information content (AvgIpc) is 3.68. The van der Waals surface area contributed by atoms with Crippen molar-refractivity contribution in [2.24, 2.45) is 0 Å². The van der Waals surface area contributed by atoms with Gasteiger partial charge in [-0.2, -0.15) is 9.67 Å². The number of hydrogen-bond acceptors (Lipinski definition) is 8. The van der Waals surface area contributed by atoms with Gasteiger partial charge in [-0.05, 0) is 106 Å². The molecule has 4 aliphatic rings. The Labute approximate surface area is 244 Å². The van der Waals surface area contributed by atoms with E-state index < -0.39 is 0 Å². The summed E-state index contributed by atoms with van der Waals surface area (Å²) in [7, 11) is 0. The van der Waals surface area contributed by atoms with Crippen LogP contribution < -0.4 is 16.0 Å². The molecule has 3 N–H and O–H groups in total. The molecule has 0 spiro atoms. The third-order valence-electron chi connectivity index (χ3n) is 9.72. The molecule has 42 heavy (non-hydrogen) atoms. The van der Waals surface area contributed by atoms with E-state index in [2.05, 4.69) is 53.6 Å². The number of hydrogen-bond donors (Lipinski definition) is 2. The maximum atomic E-state index is 15.6. The maximum Gasteiger partial charge on any atom is 0.248 e. The van der Waals surface area contributed by atoms with Gasteiger partial charge in [-0.15, -0.1) is 15.3 Å². The molecule has 0 amide bonds. The van der Waals surface area contributed by atoms with E-state index in [9.17, 15) is 0 Å². The van der Waals surface area contributed by atoms with Crippen molar-refractivity contribution in [1.29, 1.82) is 0 Å². The number of nitrogens with zero attached hydrogens (tertiary/aromatic N) is 7. The summed E-state index contributed by atoms with van der Waals surface area (Å²) in [5, 5.41) is 16.7. The number of likely N-dealkylation sites (tertiary alicyclic amines) is 1. The highest BCUT2D eigenvalue weighted by atomic mass is 19.1. The first-order valence-corrected chi connectivity index (χ1v) is 15.4. The molecule has 2 aromatic heterocycles. The molecule has 0 saturated carbocycles. The highest BCUT2D eigenvalue weighted by Gasteiger charge is 2.43. The summed E-state index contributed by atoms with van der Waals surface area (Å²) in [6, 6.07) is 17.2. The number of aromatic nitrogens is 5. The van der Waals surface area contributed by atoms with Crippen molar-refractivity contribution in [3.63, 3.8) is 0 Å². The van der Waals surface area contributed by atoms with Crippen LogP contribution in [-0.4, -0.2) is 61.1 Å². The van der Waals surface area contributed by atoms with Gasteiger partial charge in [0, 0.05) is 29.4 Å². The standard InChI is InChI=1S/C32H36FN9/c33-27-17-22(10-13-28(27)41-23-11-12-24(41)19-25(18-23)40-14-3-4-15-40)35-32-36-31(34)42(39-32)29-16-21-8-5-7-20-6-1-2-9-26(20)30(21)38-37-29/h1-2,6,9-10,13,16-17,23-25H,3-5,7-8,11-12,14-15,18-19H2,(H3,34,35,36,39). The lowest BCUT2D eigenvalue weighted by Crippen LogP contribution is -2.50. The van der Waals surface area contributed by atoms with Gasteiger partial charge < -0.3 is 20.9 Å². The number of anilines is 4. The van der Waals surface area contributed by atoms with E-state index in [0.717, 1.165) is 61.8 Å². The Balaban J connectivity index is 1.00. The highest BCUT2D eigenvalue weighted by molar-refractivity contribution is 5.68. The quantitative estimate of drug-likeness (QED) is 0.337. The molecular formula is C32H36FN9. The summed E-state index contributed by atoms with van der Waals surface area (Å²) in [4.78, 5) is 9.40. The topological polar surface area (TPSA) is 101 Å². The fraction of sp³-hybridized carbons (Fsp3) is 0.438. The van der Waals surface area contributed by atoms with Crippen LogP contribution in [0.15, 0.2) is 48.5 Å². The summed E-state index contributed by atoms with van der Waals surface area (Å²) in [5.74, 6) is 0.768. The van der Waals surface area contributed by atoms with Crippen molar-refractivity contribution in [3.8, 4) is 17.1 Å². The highest BCUT2D eigenvalue weighted by Crippen LogP contribution is 2.42. The first-order valence-electron chi connectivity index (χ1n) is 15.4. The van der Waals surface area contributed by atoms with E-state index in [-0.39, 0.29) is 17.7 Å². The van der Waals surface area contributed by atoms with E-state index in [1.54, 1.807) is 0 Å². The zero-order valence-electron chi connectivity index (χ0n) is 23.7. The third-order valence-corrected chi connectivity index (χ3v) is 9.72. The number of nitrogens with two attached hydrogens (primary N) is 1. The van der Waals surface area contributed by atoms with Gasteiger partial charge in [-0.1, -0.05) is 24.3 Å². The Morgan fingerprint density at radius 3 is 2.45 bits per heavy atom. The number of halogens is 1. The van der Waals surface area contributed by atoms with Gasteiger partial charge >= 0.3 is 0 Å². The molecule has 2 unspecified atom stereocenters. The lowest BCUT2D eigenvalue weighted by atomic mass is 9.95. The Kier molecular flexibility index (Phi) is 6.31. The predicted octanol–water partition coefficient (Wildman–Crippen LogP) is 5.27. The van der Waals surface area contributed by atoms with E-state index in [4.69, 9.17) is 5.73 Å². The largest absolute Gasteiger partial charge is 0.368 e. The van der Waals surface area contributed by atoms with Gasteiger partial charge in [-0.3, -0.25) is 0 Å². The van der Waals surface area contributed by atoms with Crippen LogP contribution in [0.5, 0.6) is 0 Å². The molecule has 2 aromatic carbocycles. The summed E-state index contributed by atoms with van der Waals surface area (Å²) in [6.45, 7) is 2.45. The number of nitrogens with one attached hydrogen (secondary N) is 1. The fourth-order valence-electron chi connectivity index (χ4n) is 7.79.